The molecular formula is C22H34ClN5O2. The highest BCUT2D eigenvalue weighted by Crippen LogP contribution is 2.31. The number of halogens is 1. The van der Waals surface area contributed by atoms with E-state index in [-0.39, 0.29) is 18.0 Å². The van der Waals surface area contributed by atoms with E-state index in [1.54, 1.807) is 4.90 Å². The van der Waals surface area contributed by atoms with Crippen LogP contribution < -0.4 is 15.5 Å². The maximum atomic E-state index is 12.6. The number of carbonyl (C=O) groups is 2. The molecule has 0 bridgehead atoms. The van der Waals surface area contributed by atoms with Crippen molar-refractivity contribution in [3.8, 4) is 0 Å². The summed E-state index contributed by atoms with van der Waals surface area (Å²) in [6.45, 7) is 9.09. The van der Waals surface area contributed by atoms with Crippen LogP contribution in [0.2, 0.25) is 5.02 Å². The molecule has 1 aromatic rings. The third-order valence-electron chi connectivity index (χ3n) is 5.94. The van der Waals surface area contributed by atoms with Gasteiger partial charge in [0.15, 0.2) is 0 Å². The molecule has 2 aliphatic heterocycles. The fourth-order valence-electron chi connectivity index (χ4n) is 3.91. The van der Waals surface area contributed by atoms with Crippen LogP contribution >= 0.6 is 11.6 Å². The number of urea groups is 1. The monoisotopic (exact) mass is 435 g/mol. The zero-order chi connectivity index (χ0) is 21.5. The van der Waals surface area contributed by atoms with Crippen LogP contribution in [0.5, 0.6) is 0 Å². The molecule has 2 N–H and O–H groups in total. The summed E-state index contributed by atoms with van der Waals surface area (Å²) in [5.74, 6) is 0.0469. The Morgan fingerprint density at radius 2 is 1.77 bits per heavy atom. The molecule has 0 radical (unpaired) electrons. The first-order chi connectivity index (χ1) is 14.5. The van der Waals surface area contributed by atoms with Crippen LogP contribution in [0.3, 0.4) is 0 Å². The summed E-state index contributed by atoms with van der Waals surface area (Å²) in [6.07, 6.45) is 4.58. The molecule has 3 rings (SSSR count). The number of rotatable bonds is 6. The van der Waals surface area contributed by atoms with E-state index in [0.717, 1.165) is 25.2 Å². The molecule has 8 heteroatoms. The Kier molecular flexibility index (Phi) is 8.22. The highest BCUT2D eigenvalue weighted by molar-refractivity contribution is 6.33. The summed E-state index contributed by atoms with van der Waals surface area (Å²) < 4.78 is 0. The van der Waals surface area contributed by atoms with E-state index in [2.05, 4.69) is 27.4 Å². The van der Waals surface area contributed by atoms with E-state index in [1.165, 1.54) is 19.3 Å². The van der Waals surface area contributed by atoms with Crippen molar-refractivity contribution in [2.24, 2.45) is 0 Å². The van der Waals surface area contributed by atoms with E-state index in [9.17, 15) is 9.59 Å². The minimum Gasteiger partial charge on any atom is -0.370 e. The van der Waals surface area contributed by atoms with Gasteiger partial charge in [0.05, 0.1) is 17.3 Å². The van der Waals surface area contributed by atoms with Crippen molar-refractivity contribution in [2.75, 3.05) is 56.0 Å². The van der Waals surface area contributed by atoms with Gasteiger partial charge in [0.2, 0.25) is 5.91 Å². The molecule has 0 aromatic heterocycles. The maximum Gasteiger partial charge on any atom is 0.321 e. The van der Waals surface area contributed by atoms with Gasteiger partial charge in [-0.1, -0.05) is 18.5 Å². The van der Waals surface area contributed by atoms with Gasteiger partial charge in [-0.05, 0) is 50.8 Å². The van der Waals surface area contributed by atoms with E-state index in [1.807, 2.05) is 25.1 Å². The smallest absolute Gasteiger partial charge is 0.321 e. The first-order valence-corrected chi connectivity index (χ1v) is 11.5. The molecule has 2 saturated heterocycles. The van der Waals surface area contributed by atoms with Gasteiger partial charge >= 0.3 is 6.03 Å². The van der Waals surface area contributed by atoms with Crippen molar-refractivity contribution >= 4 is 34.9 Å². The third kappa shape index (κ3) is 6.25. The Labute approximate surface area is 184 Å². The summed E-state index contributed by atoms with van der Waals surface area (Å²) in [6, 6.07) is 5.82. The number of benzene rings is 1. The second-order valence-corrected chi connectivity index (χ2v) is 8.69. The Morgan fingerprint density at radius 1 is 1.07 bits per heavy atom. The Bertz CT molecular complexity index is 730. The molecule has 0 saturated carbocycles. The van der Waals surface area contributed by atoms with Crippen LogP contribution in [-0.4, -0.2) is 73.6 Å². The molecule has 0 aliphatic carbocycles. The third-order valence-corrected chi connectivity index (χ3v) is 6.24. The first-order valence-electron chi connectivity index (χ1n) is 11.1. The number of piperazine rings is 1. The molecule has 3 amide bonds. The summed E-state index contributed by atoms with van der Waals surface area (Å²) >= 11 is 6.49. The van der Waals surface area contributed by atoms with Gasteiger partial charge < -0.3 is 20.4 Å². The summed E-state index contributed by atoms with van der Waals surface area (Å²) in [5, 5.41) is 6.62. The maximum absolute atomic E-state index is 12.6. The van der Waals surface area contributed by atoms with Crippen LogP contribution in [0.15, 0.2) is 18.2 Å². The zero-order valence-corrected chi connectivity index (χ0v) is 18.9. The predicted molar refractivity (Wildman–Crippen MR) is 122 cm³/mol. The minimum atomic E-state index is -0.125. The highest BCUT2D eigenvalue weighted by atomic mass is 35.5. The molecule has 166 valence electrons. The first kappa shape index (κ1) is 22.7. The van der Waals surface area contributed by atoms with Gasteiger partial charge in [0, 0.05) is 51.0 Å². The zero-order valence-electron chi connectivity index (χ0n) is 18.1. The lowest BCUT2D eigenvalue weighted by atomic mass is 10.1. The Hall–Kier alpha value is -1.99. The SMILES string of the molecule is CCC(C)NC(=O)CN1CCN(C(=O)Nc2ccc(N3CCCCC3)c(Cl)c2)CC1. The summed E-state index contributed by atoms with van der Waals surface area (Å²) in [4.78, 5) is 30.9. The van der Waals surface area contributed by atoms with Crippen LogP contribution in [-0.2, 0) is 4.79 Å². The van der Waals surface area contributed by atoms with Gasteiger partial charge in [-0.15, -0.1) is 0 Å². The molecule has 0 spiro atoms. The molecule has 30 heavy (non-hydrogen) atoms. The average Bonchev–Trinajstić information content (AvgIpc) is 2.74. The normalized spacial score (nSPS) is 18.8. The Balaban J connectivity index is 1.46. The largest absolute Gasteiger partial charge is 0.370 e. The van der Waals surface area contributed by atoms with Gasteiger partial charge in [0.1, 0.15) is 0 Å². The topological polar surface area (TPSA) is 67.9 Å². The van der Waals surface area contributed by atoms with Crippen LogP contribution in [0, 0.1) is 0 Å². The molecular weight excluding hydrogens is 402 g/mol. The molecule has 1 unspecified atom stereocenters. The number of hydrogen-bond acceptors (Lipinski definition) is 4. The highest BCUT2D eigenvalue weighted by Gasteiger charge is 2.23. The number of piperidine rings is 1. The van der Waals surface area contributed by atoms with Gasteiger partial charge in [-0.3, -0.25) is 9.69 Å². The van der Waals surface area contributed by atoms with Gasteiger partial charge in [0.25, 0.3) is 0 Å². The quantitative estimate of drug-likeness (QED) is 0.718. The average molecular weight is 436 g/mol. The van der Waals surface area contributed by atoms with Crippen LogP contribution in [0.1, 0.15) is 39.5 Å². The fraction of sp³-hybridized carbons (Fsp3) is 0.636. The number of carbonyl (C=O) groups excluding carboxylic acids is 2. The van der Waals surface area contributed by atoms with Gasteiger partial charge in [-0.25, -0.2) is 4.79 Å². The van der Waals surface area contributed by atoms with Crippen LogP contribution in [0.25, 0.3) is 0 Å². The molecule has 2 heterocycles. The standard InChI is InChI=1S/C22H34ClN5O2/c1-3-17(2)24-21(29)16-26-11-13-28(14-12-26)22(30)25-18-7-8-20(19(23)15-18)27-9-5-4-6-10-27/h7-8,15,17H,3-6,9-14,16H2,1-2H3,(H,24,29)(H,25,30). The van der Waals surface area contributed by atoms with E-state index >= 15 is 0 Å². The van der Waals surface area contributed by atoms with Crippen molar-refractivity contribution in [2.45, 2.75) is 45.6 Å². The number of hydrogen-bond donors (Lipinski definition) is 2. The lowest BCUT2D eigenvalue weighted by Gasteiger charge is -2.34. The van der Waals surface area contributed by atoms with E-state index in [0.29, 0.717) is 43.4 Å². The summed E-state index contributed by atoms with van der Waals surface area (Å²) in [5.41, 5.74) is 1.75. The van der Waals surface area contributed by atoms with Crippen molar-refractivity contribution in [1.82, 2.24) is 15.1 Å². The number of nitrogens with one attached hydrogen (secondary N) is 2. The number of anilines is 2. The molecule has 1 aromatic carbocycles. The lowest BCUT2D eigenvalue weighted by molar-refractivity contribution is -0.123. The lowest BCUT2D eigenvalue weighted by Crippen LogP contribution is -2.52. The fourth-order valence-corrected chi connectivity index (χ4v) is 4.21. The molecule has 2 fully saturated rings. The van der Waals surface area contributed by atoms with Crippen molar-refractivity contribution in [3.05, 3.63) is 23.2 Å². The van der Waals surface area contributed by atoms with Crippen molar-refractivity contribution < 1.29 is 9.59 Å². The van der Waals surface area contributed by atoms with Gasteiger partial charge in [-0.2, -0.15) is 0 Å². The number of amides is 3. The predicted octanol–water partition coefficient (Wildman–Crippen LogP) is 3.39. The van der Waals surface area contributed by atoms with Crippen LogP contribution in [0.4, 0.5) is 16.2 Å². The van der Waals surface area contributed by atoms with Crippen molar-refractivity contribution in [1.29, 1.82) is 0 Å². The second kappa shape index (κ2) is 10.9. The van der Waals surface area contributed by atoms with E-state index in [4.69, 9.17) is 11.6 Å². The summed E-state index contributed by atoms with van der Waals surface area (Å²) in [7, 11) is 0. The molecule has 7 nitrogen and oxygen atoms in total. The van der Waals surface area contributed by atoms with Crippen molar-refractivity contribution in [3.63, 3.8) is 0 Å². The molecule has 1 atom stereocenters. The second-order valence-electron chi connectivity index (χ2n) is 8.28. The minimum absolute atomic E-state index is 0.0469. The Morgan fingerprint density at radius 3 is 2.40 bits per heavy atom. The van der Waals surface area contributed by atoms with E-state index < -0.39 is 0 Å². The number of nitrogens with zero attached hydrogens (tertiary/aromatic N) is 3. The molecule has 2 aliphatic rings.